The summed E-state index contributed by atoms with van der Waals surface area (Å²) in [6.07, 6.45) is 3.53. The van der Waals surface area contributed by atoms with Crippen molar-refractivity contribution in [1.82, 2.24) is 0 Å². The van der Waals surface area contributed by atoms with Crippen molar-refractivity contribution in [3.8, 4) is 0 Å². The topological polar surface area (TPSA) is 46.5 Å². The Labute approximate surface area is 121 Å². The van der Waals surface area contributed by atoms with Gasteiger partial charge in [0.05, 0.1) is 12.2 Å². The van der Waals surface area contributed by atoms with Crippen LogP contribution in [0.3, 0.4) is 0 Å². The van der Waals surface area contributed by atoms with E-state index >= 15 is 0 Å². The zero-order chi connectivity index (χ0) is 15.0. The number of aliphatic hydroxyl groups is 1. The van der Waals surface area contributed by atoms with E-state index in [1.165, 1.54) is 5.57 Å². The minimum atomic E-state index is -0.451. The Hall–Kier alpha value is -1.61. The van der Waals surface area contributed by atoms with Crippen molar-refractivity contribution < 1.29 is 14.6 Å². The standard InChI is InChI=1S/C17H24O3/c1-13(2)8-7-9-14(3)16(12-18)20-17(19)15-10-5-4-6-11-15/h4-6,8,10-11,14,16,18H,7,9,12H2,1-3H3/t14-,16+/m0/s1. The molecule has 0 saturated heterocycles. The van der Waals surface area contributed by atoms with E-state index in [2.05, 4.69) is 19.9 Å². The number of rotatable bonds is 7. The Morgan fingerprint density at radius 3 is 2.50 bits per heavy atom. The van der Waals surface area contributed by atoms with Crippen molar-refractivity contribution in [3.63, 3.8) is 0 Å². The highest BCUT2D eigenvalue weighted by atomic mass is 16.6. The Morgan fingerprint density at radius 2 is 1.95 bits per heavy atom. The van der Waals surface area contributed by atoms with Crippen LogP contribution in [0.15, 0.2) is 42.0 Å². The lowest BCUT2D eigenvalue weighted by Crippen LogP contribution is -2.28. The van der Waals surface area contributed by atoms with Gasteiger partial charge in [0.25, 0.3) is 0 Å². The van der Waals surface area contributed by atoms with E-state index in [0.717, 1.165) is 12.8 Å². The fourth-order valence-corrected chi connectivity index (χ4v) is 1.93. The molecule has 1 aromatic rings. The van der Waals surface area contributed by atoms with Gasteiger partial charge in [0, 0.05) is 0 Å². The van der Waals surface area contributed by atoms with E-state index < -0.39 is 6.10 Å². The van der Waals surface area contributed by atoms with Crippen molar-refractivity contribution in [3.05, 3.63) is 47.5 Å². The van der Waals surface area contributed by atoms with Crippen LogP contribution in [0.4, 0.5) is 0 Å². The molecule has 0 unspecified atom stereocenters. The molecule has 0 fully saturated rings. The predicted molar refractivity (Wildman–Crippen MR) is 80.6 cm³/mol. The van der Waals surface area contributed by atoms with Gasteiger partial charge in [-0.3, -0.25) is 0 Å². The quantitative estimate of drug-likeness (QED) is 0.611. The summed E-state index contributed by atoms with van der Waals surface area (Å²) in [4.78, 5) is 12.0. The van der Waals surface area contributed by atoms with Crippen molar-refractivity contribution in [2.24, 2.45) is 5.92 Å². The van der Waals surface area contributed by atoms with Crippen LogP contribution in [0.25, 0.3) is 0 Å². The van der Waals surface area contributed by atoms with Gasteiger partial charge in [-0.25, -0.2) is 4.79 Å². The van der Waals surface area contributed by atoms with Crippen LogP contribution in [0.5, 0.6) is 0 Å². The molecule has 0 aliphatic rings. The number of hydrogen-bond acceptors (Lipinski definition) is 3. The highest BCUT2D eigenvalue weighted by Crippen LogP contribution is 2.16. The van der Waals surface area contributed by atoms with Gasteiger partial charge < -0.3 is 9.84 Å². The monoisotopic (exact) mass is 276 g/mol. The summed E-state index contributed by atoms with van der Waals surface area (Å²) in [6, 6.07) is 8.86. The van der Waals surface area contributed by atoms with Crippen molar-refractivity contribution in [1.29, 1.82) is 0 Å². The van der Waals surface area contributed by atoms with Crippen LogP contribution in [-0.2, 0) is 4.74 Å². The fourth-order valence-electron chi connectivity index (χ4n) is 1.93. The number of carbonyl (C=O) groups is 1. The molecule has 0 saturated carbocycles. The Morgan fingerprint density at radius 1 is 1.30 bits per heavy atom. The number of allylic oxidation sites excluding steroid dienone is 2. The van der Waals surface area contributed by atoms with Gasteiger partial charge in [0.1, 0.15) is 6.10 Å². The van der Waals surface area contributed by atoms with Crippen molar-refractivity contribution >= 4 is 5.97 Å². The lowest BCUT2D eigenvalue weighted by atomic mass is 9.98. The molecule has 1 N–H and O–H groups in total. The predicted octanol–water partition coefficient (Wildman–Crippen LogP) is 3.59. The minimum absolute atomic E-state index is 0.128. The molecule has 0 aliphatic carbocycles. The van der Waals surface area contributed by atoms with Gasteiger partial charge in [0.2, 0.25) is 0 Å². The maximum Gasteiger partial charge on any atom is 0.338 e. The molecule has 1 aromatic carbocycles. The summed E-state index contributed by atoms with van der Waals surface area (Å²) >= 11 is 0. The van der Waals surface area contributed by atoms with Crippen LogP contribution in [0, 0.1) is 5.92 Å². The van der Waals surface area contributed by atoms with Crippen LogP contribution >= 0.6 is 0 Å². The third-order valence-corrected chi connectivity index (χ3v) is 3.26. The normalized spacial score (nSPS) is 13.4. The van der Waals surface area contributed by atoms with Crippen LogP contribution in [0.1, 0.15) is 44.0 Å². The van der Waals surface area contributed by atoms with Gasteiger partial charge in [-0.1, -0.05) is 36.8 Å². The Bertz CT molecular complexity index is 433. The van der Waals surface area contributed by atoms with Crippen molar-refractivity contribution in [2.75, 3.05) is 6.61 Å². The van der Waals surface area contributed by atoms with Crippen LogP contribution < -0.4 is 0 Å². The summed E-state index contributed by atoms with van der Waals surface area (Å²) in [5, 5.41) is 9.41. The second-order valence-corrected chi connectivity index (χ2v) is 5.33. The van der Waals surface area contributed by atoms with E-state index in [1.54, 1.807) is 24.3 Å². The first-order chi connectivity index (χ1) is 9.54. The average molecular weight is 276 g/mol. The minimum Gasteiger partial charge on any atom is -0.456 e. The molecule has 0 amide bonds. The zero-order valence-electron chi connectivity index (χ0n) is 12.5. The largest absolute Gasteiger partial charge is 0.456 e. The van der Waals surface area contributed by atoms with E-state index in [0.29, 0.717) is 5.56 Å². The number of hydrogen-bond donors (Lipinski definition) is 1. The zero-order valence-corrected chi connectivity index (χ0v) is 12.5. The molecule has 0 aliphatic heterocycles. The van der Waals surface area contributed by atoms with Gasteiger partial charge in [-0.15, -0.1) is 0 Å². The molecule has 110 valence electrons. The Balaban J connectivity index is 2.54. The summed E-state index contributed by atoms with van der Waals surface area (Å²) in [5.41, 5.74) is 1.79. The average Bonchev–Trinajstić information content (AvgIpc) is 2.44. The van der Waals surface area contributed by atoms with Gasteiger partial charge >= 0.3 is 5.97 Å². The summed E-state index contributed by atoms with van der Waals surface area (Å²) in [6.45, 7) is 5.97. The lowest BCUT2D eigenvalue weighted by molar-refractivity contribution is -0.00525. The van der Waals surface area contributed by atoms with E-state index in [1.807, 2.05) is 13.0 Å². The van der Waals surface area contributed by atoms with E-state index in [9.17, 15) is 9.90 Å². The molecule has 0 spiro atoms. The smallest absolute Gasteiger partial charge is 0.338 e. The number of aliphatic hydroxyl groups excluding tert-OH is 1. The lowest BCUT2D eigenvalue weighted by Gasteiger charge is -2.22. The maximum absolute atomic E-state index is 12.0. The first kappa shape index (κ1) is 16.4. The number of benzene rings is 1. The summed E-state index contributed by atoms with van der Waals surface area (Å²) < 4.78 is 5.40. The first-order valence-corrected chi connectivity index (χ1v) is 7.04. The fraction of sp³-hybridized carbons (Fsp3) is 0.471. The molecule has 0 heterocycles. The van der Waals surface area contributed by atoms with E-state index in [4.69, 9.17) is 4.74 Å². The van der Waals surface area contributed by atoms with Gasteiger partial charge in [-0.05, 0) is 44.7 Å². The van der Waals surface area contributed by atoms with Gasteiger partial charge in [-0.2, -0.15) is 0 Å². The van der Waals surface area contributed by atoms with Gasteiger partial charge in [0.15, 0.2) is 0 Å². The first-order valence-electron chi connectivity index (χ1n) is 7.04. The second-order valence-electron chi connectivity index (χ2n) is 5.33. The molecule has 0 bridgehead atoms. The highest BCUT2D eigenvalue weighted by molar-refractivity contribution is 5.89. The Kier molecular flexibility index (Phi) is 7.02. The van der Waals surface area contributed by atoms with Crippen LogP contribution in [0.2, 0.25) is 0 Å². The molecular formula is C17H24O3. The molecule has 0 radical (unpaired) electrons. The molecule has 0 aromatic heterocycles. The SMILES string of the molecule is CC(C)=CCC[C@H](C)[C@@H](CO)OC(=O)c1ccccc1. The molecule has 20 heavy (non-hydrogen) atoms. The third-order valence-electron chi connectivity index (χ3n) is 3.26. The number of esters is 1. The maximum atomic E-state index is 12.0. The van der Waals surface area contributed by atoms with E-state index in [-0.39, 0.29) is 18.5 Å². The highest BCUT2D eigenvalue weighted by Gasteiger charge is 2.21. The molecule has 2 atom stereocenters. The molecule has 1 rings (SSSR count). The molecular weight excluding hydrogens is 252 g/mol. The molecule has 3 nitrogen and oxygen atoms in total. The molecule has 3 heteroatoms. The number of carbonyl (C=O) groups excluding carboxylic acids is 1. The summed E-state index contributed by atoms with van der Waals surface area (Å²) in [5.74, 6) is -0.248. The second kappa shape index (κ2) is 8.54. The van der Waals surface area contributed by atoms with Crippen molar-refractivity contribution in [2.45, 2.75) is 39.7 Å². The van der Waals surface area contributed by atoms with Crippen LogP contribution in [-0.4, -0.2) is 23.8 Å². The number of ether oxygens (including phenoxy) is 1. The summed E-state index contributed by atoms with van der Waals surface area (Å²) in [7, 11) is 0. The third kappa shape index (κ3) is 5.57.